The van der Waals surface area contributed by atoms with Crippen LogP contribution in [-0.2, 0) is 14.8 Å². The van der Waals surface area contributed by atoms with Gasteiger partial charge in [-0.15, -0.1) is 0 Å². The summed E-state index contributed by atoms with van der Waals surface area (Å²) in [4.78, 5) is 24.9. The van der Waals surface area contributed by atoms with E-state index >= 15 is 0 Å². The third-order valence-corrected chi connectivity index (χ3v) is 6.58. The van der Waals surface area contributed by atoms with E-state index in [0.717, 1.165) is 0 Å². The van der Waals surface area contributed by atoms with Crippen molar-refractivity contribution in [3.05, 3.63) is 51.5 Å². The summed E-state index contributed by atoms with van der Waals surface area (Å²) in [5, 5.41) is 0.0674. The molecule has 0 aliphatic carbocycles. The molecule has 30 heavy (non-hydrogen) atoms. The number of benzene rings is 2. The molecule has 0 radical (unpaired) electrons. The number of esters is 1. The van der Waals surface area contributed by atoms with E-state index in [1.54, 1.807) is 0 Å². The van der Waals surface area contributed by atoms with E-state index in [1.165, 1.54) is 37.4 Å². The number of halogens is 2. The van der Waals surface area contributed by atoms with Crippen LogP contribution in [0.3, 0.4) is 0 Å². The maximum Gasteiger partial charge on any atom is 0.342 e. The predicted octanol–water partition coefficient (Wildman–Crippen LogP) is 3.75. The molecule has 3 rings (SSSR count). The Morgan fingerprint density at radius 2 is 1.83 bits per heavy atom. The molecule has 1 aliphatic heterocycles. The molecule has 0 aromatic heterocycles. The number of hydrogen-bond donors (Lipinski definition) is 0. The molecule has 0 saturated heterocycles. The van der Waals surface area contributed by atoms with Crippen LogP contribution in [0.4, 0.5) is 0 Å². The Hall–Kier alpha value is -2.49. The average Bonchev–Trinajstić information content (AvgIpc) is 2.89. The van der Waals surface area contributed by atoms with Gasteiger partial charge >= 0.3 is 5.97 Å². The molecule has 1 heterocycles. The van der Waals surface area contributed by atoms with Crippen LogP contribution < -0.4 is 9.47 Å². The van der Waals surface area contributed by atoms with Crippen molar-refractivity contribution in [2.24, 2.45) is 0 Å². The Balaban J connectivity index is 1.92. The zero-order valence-electron chi connectivity index (χ0n) is 16.0. The lowest BCUT2D eigenvalue weighted by Crippen LogP contribution is -2.33. The minimum Gasteiger partial charge on any atom is -0.497 e. The molecule has 0 fully saturated rings. The van der Waals surface area contributed by atoms with Crippen LogP contribution in [0.25, 0.3) is 0 Å². The molecule has 0 spiro atoms. The van der Waals surface area contributed by atoms with Crippen molar-refractivity contribution in [2.75, 3.05) is 20.4 Å². The van der Waals surface area contributed by atoms with Crippen LogP contribution in [0.2, 0.25) is 10.0 Å². The monoisotopic (exact) mass is 473 g/mol. The molecule has 1 amide bonds. The first-order valence-electron chi connectivity index (χ1n) is 8.75. The Bertz CT molecular complexity index is 1100. The van der Waals surface area contributed by atoms with E-state index in [0.29, 0.717) is 10.7 Å². The van der Waals surface area contributed by atoms with E-state index in [9.17, 15) is 18.0 Å². The lowest BCUT2D eigenvalue weighted by Gasteiger charge is -2.15. The lowest BCUT2D eigenvalue weighted by atomic mass is 10.1. The molecule has 160 valence electrons. The first-order valence-corrected chi connectivity index (χ1v) is 10.9. The summed E-state index contributed by atoms with van der Waals surface area (Å²) >= 11 is 11.9. The second-order valence-electron chi connectivity index (χ2n) is 6.16. The van der Waals surface area contributed by atoms with Crippen LogP contribution in [0.1, 0.15) is 34.1 Å². The van der Waals surface area contributed by atoms with Gasteiger partial charge in [0.1, 0.15) is 22.0 Å². The number of fused-ring (bicyclic) bond motifs is 1. The molecule has 2 aromatic carbocycles. The normalized spacial score (nSPS) is 14.4. The number of ether oxygens (including phenoxy) is 3. The maximum atomic E-state index is 12.9. The van der Waals surface area contributed by atoms with E-state index in [1.807, 2.05) is 6.92 Å². The van der Waals surface area contributed by atoms with Crippen molar-refractivity contribution in [2.45, 2.75) is 18.2 Å². The highest BCUT2D eigenvalue weighted by molar-refractivity contribution is 7.90. The predicted molar refractivity (Wildman–Crippen MR) is 109 cm³/mol. The first kappa shape index (κ1) is 22.2. The number of amides is 1. The fourth-order valence-electron chi connectivity index (χ4n) is 2.79. The van der Waals surface area contributed by atoms with Crippen LogP contribution in [-0.4, -0.2) is 45.0 Å². The van der Waals surface area contributed by atoms with Crippen molar-refractivity contribution >= 4 is 45.1 Å². The van der Waals surface area contributed by atoms with Crippen molar-refractivity contribution < 1.29 is 32.2 Å². The lowest BCUT2D eigenvalue weighted by molar-refractivity contribution is 0.0358. The minimum atomic E-state index is -4.29. The van der Waals surface area contributed by atoms with Gasteiger partial charge in [0, 0.05) is 12.1 Å². The van der Waals surface area contributed by atoms with Crippen molar-refractivity contribution in [1.82, 2.24) is 4.31 Å². The van der Waals surface area contributed by atoms with Crippen LogP contribution in [0.15, 0.2) is 35.2 Å². The Kier molecular flexibility index (Phi) is 6.44. The van der Waals surface area contributed by atoms with Gasteiger partial charge in [-0.2, -0.15) is 4.31 Å². The summed E-state index contributed by atoms with van der Waals surface area (Å²) in [5.41, 5.74) is -0.271. The summed E-state index contributed by atoms with van der Waals surface area (Å²) in [6.45, 7) is 1.28. The number of methoxy groups -OCH3 is 1. The fraction of sp³-hybridized carbons (Fsp3) is 0.263. The van der Waals surface area contributed by atoms with Crippen molar-refractivity contribution in [3.63, 3.8) is 0 Å². The zero-order chi connectivity index (χ0) is 22.1. The van der Waals surface area contributed by atoms with Gasteiger partial charge in [0.25, 0.3) is 15.9 Å². The number of carbonyl (C=O) groups is 2. The van der Waals surface area contributed by atoms with Crippen LogP contribution in [0, 0.1) is 0 Å². The second-order valence-corrected chi connectivity index (χ2v) is 8.81. The molecule has 0 saturated carbocycles. The number of hydrogen-bond acceptors (Lipinski definition) is 7. The molecule has 2 aromatic rings. The summed E-state index contributed by atoms with van der Waals surface area (Å²) < 4.78 is 42.0. The van der Waals surface area contributed by atoms with E-state index in [-0.39, 0.29) is 44.2 Å². The maximum absolute atomic E-state index is 12.9. The number of rotatable bonds is 7. The van der Waals surface area contributed by atoms with Gasteiger partial charge in [0.15, 0.2) is 6.73 Å². The smallest absolute Gasteiger partial charge is 0.342 e. The summed E-state index contributed by atoms with van der Waals surface area (Å²) in [6, 6.07) is 7.05. The third-order valence-electron chi connectivity index (χ3n) is 4.23. The Labute approximate surface area is 183 Å². The Morgan fingerprint density at radius 1 is 1.17 bits per heavy atom. The quantitative estimate of drug-likeness (QED) is 0.564. The molecule has 0 bridgehead atoms. The van der Waals surface area contributed by atoms with E-state index in [4.69, 9.17) is 37.4 Å². The molecule has 11 heteroatoms. The highest BCUT2D eigenvalue weighted by Gasteiger charge is 2.45. The SMILES string of the molecule is CCCOc1cc(OC)cc2c1C(=O)N(COC(=O)c1c(Cl)cccc1Cl)S2(=O)=O. The minimum absolute atomic E-state index is 0.0337. The van der Waals surface area contributed by atoms with E-state index in [2.05, 4.69) is 0 Å². The number of nitrogens with zero attached hydrogens (tertiary/aromatic N) is 1. The standard InChI is InChI=1S/C19H17Cl2NO7S/c1-3-7-28-14-8-11(27-2)9-15-17(14)18(23)22(30(15,25)26)10-29-19(24)16-12(20)5-4-6-13(16)21/h4-6,8-9H,3,7,10H2,1-2H3. The van der Waals surface area contributed by atoms with Gasteiger partial charge < -0.3 is 14.2 Å². The number of sulfonamides is 1. The molecular formula is C19H17Cl2NO7S. The molecule has 0 atom stereocenters. The first-order chi connectivity index (χ1) is 14.2. The van der Waals surface area contributed by atoms with Gasteiger partial charge in [0.05, 0.1) is 29.3 Å². The second kappa shape index (κ2) is 8.71. The summed E-state index contributed by atoms with van der Waals surface area (Å²) in [6.07, 6.45) is 0.646. The topological polar surface area (TPSA) is 99.2 Å². The Morgan fingerprint density at radius 3 is 2.43 bits per heavy atom. The fourth-order valence-corrected chi connectivity index (χ4v) is 4.79. The molecule has 0 unspecified atom stereocenters. The highest BCUT2D eigenvalue weighted by Crippen LogP contribution is 2.40. The largest absolute Gasteiger partial charge is 0.497 e. The van der Waals surface area contributed by atoms with Gasteiger partial charge in [-0.05, 0) is 18.6 Å². The van der Waals surface area contributed by atoms with Crippen molar-refractivity contribution in [1.29, 1.82) is 0 Å². The molecular weight excluding hydrogens is 457 g/mol. The summed E-state index contributed by atoms with van der Waals surface area (Å²) in [7, 11) is -2.93. The van der Waals surface area contributed by atoms with Gasteiger partial charge in [0.2, 0.25) is 0 Å². The molecule has 0 N–H and O–H groups in total. The summed E-state index contributed by atoms with van der Waals surface area (Å²) in [5.74, 6) is -1.57. The van der Waals surface area contributed by atoms with Gasteiger partial charge in [-0.3, -0.25) is 4.79 Å². The van der Waals surface area contributed by atoms with Gasteiger partial charge in [-0.25, -0.2) is 13.2 Å². The van der Waals surface area contributed by atoms with Crippen LogP contribution in [0.5, 0.6) is 11.5 Å². The third kappa shape index (κ3) is 3.92. The van der Waals surface area contributed by atoms with Crippen LogP contribution >= 0.6 is 23.2 Å². The number of carbonyl (C=O) groups excluding carboxylic acids is 2. The highest BCUT2D eigenvalue weighted by atomic mass is 35.5. The average molecular weight is 474 g/mol. The molecule has 8 nitrogen and oxygen atoms in total. The van der Waals surface area contributed by atoms with E-state index < -0.39 is 28.6 Å². The zero-order valence-corrected chi connectivity index (χ0v) is 18.3. The van der Waals surface area contributed by atoms with Crippen molar-refractivity contribution in [3.8, 4) is 11.5 Å². The van der Waals surface area contributed by atoms with Gasteiger partial charge in [-0.1, -0.05) is 36.2 Å². The molecule has 1 aliphatic rings.